The van der Waals surface area contributed by atoms with Crippen LogP contribution in [0.5, 0.6) is 0 Å². The van der Waals surface area contributed by atoms with E-state index < -0.39 is 11.2 Å². The smallest absolute Gasteiger partial charge is 0.410 e. The quantitative estimate of drug-likeness (QED) is 0.691. The van der Waals surface area contributed by atoms with Gasteiger partial charge in [0.1, 0.15) is 11.2 Å². The highest BCUT2D eigenvalue weighted by atomic mass is 16.6. The molecule has 1 rings (SSSR count). The lowest BCUT2D eigenvalue weighted by Gasteiger charge is -2.38. The van der Waals surface area contributed by atoms with E-state index in [0.717, 1.165) is 12.7 Å². The van der Waals surface area contributed by atoms with Crippen LogP contribution in [0.2, 0.25) is 0 Å². The van der Waals surface area contributed by atoms with Gasteiger partial charge in [0.05, 0.1) is 6.54 Å². The van der Waals surface area contributed by atoms with E-state index in [4.69, 9.17) is 9.47 Å². The summed E-state index contributed by atoms with van der Waals surface area (Å²) < 4.78 is 10.5. The molecular weight excluding hydrogens is 222 g/mol. The fourth-order valence-electron chi connectivity index (χ4n) is 1.84. The fourth-order valence-corrected chi connectivity index (χ4v) is 1.84. The van der Waals surface area contributed by atoms with Crippen LogP contribution < -0.4 is 0 Å². The van der Waals surface area contributed by atoms with E-state index in [-0.39, 0.29) is 12.6 Å². The van der Waals surface area contributed by atoms with Crippen LogP contribution >= 0.6 is 0 Å². The molecule has 1 saturated heterocycles. The molecular formula is C12H21NO4. The van der Waals surface area contributed by atoms with Crippen molar-refractivity contribution in [3.63, 3.8) is 0 Å². The van der Waals surface area contributed by atoms with Gasteiger partial charge in [-0.2, -0.15) is 0 Å². The van der Waals surface area contributed by atoms with E-state index in [0.29, 0.717) is 13.0 Å². The predicted molar refractivity (Wildman–Crippen MR) is 62.8 cm³/mol. The van der Waals surface area contributed by atoms with Crippen molar-refractivity contribution in [1.29, 1.82) is 0 Å². The van der Waals surface area contributed by atoms with Crippen molar-refractivity contribution >= 4 is 12.4 Å². The van der Waals surface area contributed by atoms with E-state index >= 15 is 0 Å². The first-order valence-corrected chi connectivity index (χ1v) is 5.81. The van der Waals surface area contributed by atoms with Gasteiger partial charge in [-0.1, -0.05) is 0 Å². The first-order chi connectivity index (χ1) is 7.82. The van der Waals surface area contributed by atoms with Crippen LogP contribution in [0.25, 0.3) is 0 Å². The van der Waals surface area contributed by atoms with Gasteiger partial charge < -0.3 is 19.2 Å². The zero-order valence-corrected chi connectivity index (χ0v) is 11.0. The number of ether oxygens (including phenoxy) is 2. The monoisotopic (exact) mass is 243 g/mol. The minimum Gasteiger partial charge on any atom is -0.444 e. The number of carbonyl (C=O) groups excluding carboxylic acids is 2. The predicted octanol–water partition coefficient (Wildman–Crippen LogP) is 1.60. The molecule has 0 aromatic heterocycles. The summed E-state index contributed by atoms with van der Waals surface area (Å²) in [7, 11) is 1.49. The summed E-state index contributed by atoms with van der Waals surface area (Å²) in [4.78, 5) is 24.5. The molecule has 5 nitrogen and oxygen atoms in total. The normalized spacial score (nSPS) is 25.5. The van der Waals surface area contributed by atoms with Crippen LogP contribution in [0.4, 0.5) is 4.79 Å². The first-order valence-electron chi connectivity index (χ1n) is 5.81. The molecule has 5 heteroatoms. The summed E-state index contributed by atoms with van der Waals surface area (Å²) in [6, 6.07) is 0. The minimum atomic E-state index is -0.866. The first kappa shape index (κ1) is 14.0. The summed E-state index contributed by atoms with van der Waals surface area (Å²) in [6.45, 7) is 6.32. The van der Waals surface area contributed by atoms with Crippen LogP contribution in [0.3, 0.4) is 0 Å². The second-order valence-electron chi connectivity index (χ2n) is 5.39. The molecule has 0 spiro atoms. The maximum atomic E-state index is 11.9. The topological polar surface area (TPSA) is 55.8 Å². The van der Waals surface area contributed by atoms with Gasteiger partial charge in [-0.05, 0) is 33.6 Å². The highest BCUT2D eigenvalue weighted by Crippen LogP contribution is 2.24. The van der Waals surface area contributed by atoms with Gasteiger partial charge in [0, 0.05) is 13.7 Å². The molecule has 0 bridgehead atoms. The standard InChI is InChI=1S/C12H21NO4/c1-11(2,3)17-10(15)13-7-5-6-12(8-13,9-14)16-4/h9H,5-8H2,1-4H3. The summed E-state index contributed by atoms with van der Waals surface area (Å²) in [5.41, 5.74) is -1.39. The highest BCUT2D eigenvalue weighted by Gasteiger charge is 2.38. The summed E-state index contributed by atoms with van der Waals surface area (Å²) >= 11 is 0. The van der Waals surface area contributed by atoms with Crippen LogP contribution in [0.1, 0.15) is 33.6 Å². The van der Waals surface area contributed by atoms with Crippen molar-refractivity contribution < 1.29 is 19.1 Å². The van der Waals surface area contributed by atoms with Crippen molar-refractivity contribution in [2.24, 2.45) is 0 Å². The van der Waals surface area contributed by atoms with Gasteiger partial charge in [-0.15, -0.1) is 0 Å². The number of aldehydes is 1. The van der Waals surface area contributed by atoms with Crippen molar-refractivity contribution in [3.8, 4) is 0 Å². The lowest BCUT2D eigenvalue weighted by Crippen LogP contribution is -2.53. The number of carbonyl (C=O) groups is 2. The third-order valence-electron chi connectivity index (χ3n) is 2.76. The molecule has 0 aromatic rings. The van der Waals surface area contributed by atoms with Crippen molar-refractivity contribution in [2.45, 2.75) is 44.8 Å². The largest absolute Gasteiger partial charge is 0.444 e. The second kappa shape index (κ2) is 5.04. The Kier molecular flexibility index (Phi) is 4.14. The number of likely N-dealkylation sites (tertiary alicyclic amines) is 1. The Labute approximate surface area is 102 Å². The summed E-state index contributed by atoms with van der Waals surface area (Å²) in [5, 5.41) is 0. The van der Waals surface area contributed by atoms with E-state index in [1.807, 2.05) is 20.8 Å². The average molecular weight is 243 g/mol. The Bertz CT molecular complexity index is 297. The number of hydrogen-bond donors (Lipinski definition) is 0. The zero-order valence-electron chi connectivity index (χ0n) is 11.0. The van der Waals surface area contributed by atoms with Crippen molar-refractivity contribution in [1.82, 2.24) is 4.90 Å². The van der Waals surface area contributed by atoms with Crippen molar-refractivity contribution in [3.05, 3.63) is 0 Å². The Morgan fingerprint density at radius 3 is 2.53 bits per heavy atom. The third-order valence-corrected chi connectivity index (χ3v) is 2.76. The van der Waals surface area contributed by atoms with Gasteiger partial charge in [-0.25, -0.2) is 4.79 Å². The van der Waals surface area contributed by atoms with E-state index in [2.05, 4.69) is 0 Å². The number of nitrogens with zero attached hydrogens (tertiary/aromatic N) is 1. The lowest BCUT2D eigenvalue weighted by atomic mass is 9.94. The molecule has 0 radical (unpaired) electrons. The highest BCUT2D eigenvalue weighted by molar-refractivity contribution is 5.71. The molecule has 17 heavy (non-hydrogen) atoms. The van der Waals surface area contributed by atoms with Crippen LogP contribution in [-0.2, 0) is 14.3 Å². The Hall–Kier alpha value is -1.10. The second-order valence-corrected chi connectivity index (χ2v) is 5.39. The molecule has 1 amide bonds. The Balaban J connectivity index is 2.66. The molecule has 1 fully saturated rings. The Morgan fingerprint density at radius 2 is 2.06 bits per heavy atom. The molecule has 0 aromatic carbocycles. The number of rotatable bonds is 2. The number of methoxy groups -OCH3 is 1. The van der Waals surface area contributed by atoms with Gasteiger partial charge in [0.2, 0.25) is 0 Å². The number of amides is 1. The van der Waals surface area contributed by atoms with Crippen LogP contribution in [0, 0.1) is 0 Å². The van der Waals surface area contributed by atoms with Crippen molar-refractivity contribution in [2.75, 3.05) is 20.2 Å². The average Bonchev–Trinajstić information content (AvgIpc) is 2.27. The molecule has 0 aliphatic carbocycles. The summed E-state index contributed by atoms with van der Waals surface area (Å²) in [6.07, 6.45) is 1.78. The molecule has 1 atom stereocenters. The molecule has 0 N–H and O–H groups in total. The maximum absolute atomic E-state index is 11.9. The molecule has 1 heterocycles. The van der Waals surface area contributed by atoms with E-state index in [1.165, 1.54) is 12.0 Å². The van der Waals surface area contributed by atoms with E-state index in [1.54, 1.807) is 0 Å². The minimum absolute atomic E-state index is 0.266. The number of hydrogen-bond acceptors (Lipinski definition) is 4. The summed E-state index contributed by atoms with van der Waals surface area (Å²) in [5.74, 6) is 0. The van der Waals surface area contributed by atoms with Crippen LogP contribution in [0.15, 0.2) is 0 Å². The molecule has 0 saturated carbocycles. The third kappa shape index (κ3) is 3.70. The molecule has 98 valence electrons. The SMILES string of the molecule is COC1(C=O)CCCN(C(=O)OC(C)(C)C)C1. The molecule has 1 aliphatic heterocycles. The number of piperidine rings is 1. The van der Waals surface area contributed by atoms with Gasteiger partial charge in [0.25, 0.3) is 0 Å². The van der Waals surface area contributed by atoms with Gasteiger partial charge in [-0.3, -0.25) is 0 Å². The molecule has 1 unspecified atom stereocenters. The maximum Gasteiger partial charge on any atom is 0.410 e. The Morgan fingerprint density at radius 1 is 1.41 bits per heavy atom. The zero-order chi connectivity index (χ0) is 13.1. The molecule has 1 aliphatic rings. The van der Waals surface area contributed by atoms with Gasteiger partial charge >= 0.3 is 6.09 Å². The van der Waals surface area contributed by atoms with E-state index in [9.17, 15) is 9.59 Å². The fraction of sp³-hybridized carbons (Fsp3) is 0.833. The van der Waals surface area contributed by atoms with Gasteiger partial charge in [0.15, 0.2) is 6.29 Å². The lowest BCUT2D eigenvalue weighted by molar-refractivity contribution is -0.134. The van der Waals surface area contributed by atoms with Crippen LogP contribution in [-0.4, -0.2) is 48.7 Å².